The van der Waals surface area contributed by atoms with E-state index in [-0.39, 0.29) is 15.6 Å². The lowest BCUT2D eigenvalue weighted by Gasteiger charge is -2.05. The van der Waals surface area contributed by atoms with Crippen LogP contribution >= 0.6 is 11.6 Å². The second kappa shape index (κ2) is 5.23. The first-order valence-corrected chi connectivity index (χ1v) is 6.62. The van der Waals surface area contributed by atoms with Gasteiger partial charge in [0.25, 0.3) is 0 Å². The number of amides is 3. The van der Waals surface area contributed by atoms with Gasteiger partial charge in [0, 0.05) is 0 Å². The molecule has 0 fully saturated rings. The summed E-state index contributed by atoms with van der Waals surface area (Å²) in [6.45, 7) is 0. The molecule has 0 atom stereocenters. The Hall–Kier alpha value is -1.80. The molecule has 1 rings (SSSR count). The van der Waals surface area contributed by atoms with Crippen molar-refractivity contribution in [3.63, 3.8) is 0 Å². The summed E-state index contributed by atoms with van der Waals surface area (Å²) in [5.41, 5.74) is 10.3. The van der Waals surface area contributed by atoms with Gasteiger partial charge in [-0.15, -0.1) is 0 Å². The number of nitrogens with two attached hydrogens (primary N) is 2. The molecule has 0 aliphatic carbocycles. The van der Waals surface area contributed by atoms with Crippen LogP contribution in [0.15, 0.2) is 23.1 Å². The number of urea groups is 1. The number of primary amides is 1. The number of anilines is 1. The molecule has 0 unspecified atom stereocenters. The van der Waals surface area contributed by atoms with E-state index in [1.54, 1.807) is 5.32 Å². The topological polar surface area (TPSA) is 132 Å². The third-order valence-corrected chi connectivity index (χ3v) is 3.86. The summed E-state index contributed by atoms with van der Waals surface area (Å²) in [6, 6.07) is 2.53. The van der Waals surface area contributed by atoms with Crippen molar-refractivity contribution in [2.24, 2.45) is 5.73 Å². The smallest absolute Gasteiger partial charge is 0.318 e. The molecule has 0 radical (unpaired) electrons. The number of hydrogen-bond acceptors (Lipinski definition) is 5. The maximum Gasteiger partial charge on any atom is 0.318 e. The summed E-state index contributed by atoms with van der Waals surface area (Å²) in [7, 11) is -3.90. The lowest BCUT2D eigenvalue weighted by Crippen LogP contribution is -2.38. The van der Waals surface area contributed by atoms with E-state index in [9.17, 15) is 18.0 Å². The largest absolute Gasteiger partial charge is 0.398 e. The molecule has 0 aliphatic heterocycles. The molecule has 18 heavy (non-hydrogen) atoms. The van der Waals surface area contributed by atoms with Crippen molar-refractivity contribution in [1.29, 1.82) is 0 Å². The second-order valence-corrected chi connectivity index (χ2v) is 5.75. The normalized spacial score (nSPS) is 10.9. The van der Waals surface area contributed by atoms with Gasteiger partial charge in [-0.05, 0) is 18.2 Å². The van der Waals surface area contributed by atoms with Crippen LogP contribution in [0.2, 0.25) is 5.02 Å². The molecule has 0 aromatic heterocycles. The fourth-order valence-corrected chi connectivity index (χ4v) is 2.53. The monoisotopic (exact) mass is 291 g/mol. The number of hydrogen-bond donors (Lipinski definition) is 3. The van der Waals surface area contributed by atoms with Crippen molar-refractivity contribution < 1.29 is 18.0 Å². The van der Waals surface area contributed by atoms with Crippen molar-refractivity contribution >= 4 is 39.1 Å². The van der Waals surface area contributed by atoms with E-state index in [1.165, 1.54) is 12.1 Å². The highest BCUT2D eigenvalue weighted by atomic mass is 35.5. The van der Waals surface area contributed by atoms with Crippen molar-refractivity contribution in [3.8, 4) is 0 Å². The maximum atomic E-state index is 11.8. The predicted molar refractivity (Wildman–Crippen MR) is 65.6 cm³/mol. The number of sulfone groups is 1. The molecule has 0 saturated heterocycles. The predicted octanol–water partition coefficient (Wildman–Crippen LogP) is -0.109. The molecule has 0 saturated carbocycles. The molecule has 3 amide bonds. The minimum absolute atomic E-state index is 0.0615. The van der Waals surface area contributed by atoms with E-state index in [4.69, 9.17) is 23.1 Å². The fraction of sp³-hybridized carbons (Fsp3) is 0.111. The molecular weight excluding hydrogens is 282 g/mol. The minimum atomic E-state index is -3.90. The summed E-state index contributed by atoms with van der Waals surface area (Å²) < 4.78 is 23.6. The Bertz CT molecular complexity index is 600. The highest BCUT2D eigenvalue weighted by molar-refractivity contribution is 7.92. The van der Waals surface area contributed by atoms with Crippen molar-refractivity contribution in [2.45, 2.75) is 4.90 Å². The molecule has 5 N–H and O–H groups in total. The highest BCUT2D eigenvalue weighted by Crippen LogP contribution is 2.23. The first kappa shape index (κ1) is 14.3. The van der Waals surface area contributed by atoms with Gasteiger partial charge in [0.15, 0.2) is 9.84 Å². The first-order valence-electron chi connectivity index (χ1n) is 4.59. The summed E-state index contributed by atoms with van der Waals surface area (Å²) >= 11 is 5.68. The zero-order chi connectivity index (χ0) is 13.9. The lowest BCUT2D eigenvalue weighted by atomic mass is 10.3. The first-order chi connectivity index (χ1) is 8.22. The quantitative estimate of drug-likeness (QED) is 0.668. The van der Waals surface area contributed by atoms with Crippen molar-refractivity contribution in [1.82, 2.24) is 5.32 Å². The molecule has 0 heterocycles. The molecule has 7 nitrogen and oxygen atoms in total. The molecule has 1 aromatic rings. The van der Waals surface area contributed by atoms with Crippen LogP contribution in [-0.4, -0.2) is 26.1 Å². The van der Waals surface area contributed by atoms with Crippen LogP contribution in [0.1, 0.15) is 0 Å². The Morgan fingerprint density at radius 3 is 2.44 bits per heavy atom. The molecule has 0 bridgehead atoms. The standard InChI is InChI=1S/C9H10ClN3O4S/c10-6-3-5(1-2-7(6)11)18(16,17)4-8(14)13-9(12)15/h1-3H,4,11H2,(H3,12,13,14,15). The van der Waals surface area contributed by atoms with Crippen LogP contribution in [0.4, 0.5) is 10.5 Å². The third kappa shape index (κ3) is 3.60. The molecule has 98 valence electrons. The maximum absolute atomic E-state index is 11.8. The molecule has 1 aromatic carbocycles. The van der Waals surface area contributed by atoms with Crippen molar-refractivity contribution in [3.05, 3.63) is 23.2 Å². The van der Waals surface area contributed by atoms with Crippen LogP contribution in [0.3, 0.4) is 0 Å². The molecule has 0 spiro atoms. The Kier molecular flexibility index (Phi) is 4.15. The number of imide groups is 1. The summed E-state index contributed by atoms with van der Waals surface area (Å²) in [5, 5.41) is 1.72. The number of halogens is 1. The Morgan fingerprint density at radius 2 is 1.94 bits per heavy atom. The number of carbonyl (C=O) groups is 2. The van der Waals surface area contributed by atoms with Crippen LogP contribution in [0, 0.1) is 0 Å². The van der Waals surface area contributed by atoms with Crippen molar-refractivity contribution in [2.75, 3.05) is 11.5 Å². The Labute approximate surface area is 108 Å². The molecule has 9 heteroatoms. The van der Waals surface area contributed by atoms with Crippen LogP contribution in [0.5, 0.6) is 0 Å². The Balaban J connectivity index is 2.96. The fourth-order valence-electron chi connectivity index (χ4n) is 1.13. The van der Waals surface area contributed by atoms with E-state index in [0.717, 1.165) is 6.07 Å². The molecular formula is C9H10ClN3O4S. The summed E-state index contributed by atoms with van der Waals surface area (Å²) in [6.07, 6.45) is 0. The molecule has 0 aliphatic rings. The average Bonchev–Trinajstić information content (AvgIpc) is 2.19. The van der Waals surface area contributed by atoms with E-state index in [2.05, 4.69) is 0 Å². The summed E-state index contributed by atoms with van der Waals surface area (Å²) in [5.74, 6) is -1.92. The average molecular weight is 292 g/mol. The van der Waals surface area contributed by atoms with Gasteiger partial charge in [-0.2, -0.15) is 0 Å². The van der Waals surface area contributed by atoms with Gasteiger partial charge < -0.3 is 11.5 Å². The van der Waals surface area contributed by atoms with Gasteiger partial charge in [-0.3, -0.25) is 10.1 Å². The number of rotatable bonds is 3. The van der Waals surface area contributed by atoms with E-state index < -0.39 is 27.5 Å². The highest BCUT2D eigenvalue weighted by Gasteiger charge is 2.20. The van der Waals surface area contributed by atoms with Gasteiger partial charge >= 0.3 is 6.03 Å². The van der Waals surface area contributed by atoms with Gasteiger partial charge in [-0.25, -0.2) is 13.2 Å². The lowest BCUT2D eigenvalue weighted by molar-refractivity contribution is -0.117. The van der Waals surface area contributed by atoms with E-state index in [1.807, 2.05) is 0 Å². The summed E-state index contributed by atoms with van der Waals surface area (Å²) in [4.78, 5) is 21.4. The third-order valence-electron chi connectivity index (χ3n) is 1.91. The second-order valence-electron chi connectivity index (χ2n) is 3.35. The number of carbonyl (C=O) groups excluding carboxylic acids is 2. The van der Waals surface area contributed by atoms with E-state index in [0.29, 0.717) is 0 Å². The van der Waals surface area contributed by atoms with Gasteiger partial charge in [0.1, 0.15) is 5.75 Å². The van der Waals surface area contributed by atoms with Gasteiger partial charge in [0.05, 0.1) is 15.6 Å². The van der Waals surface area contributed by atoms with Gasteiger partial charge in [0.2, 0.25) is 5.91 Å². The number of benzene rings is 1. The van der Waals surface area contributed by atoms with Gasteiger partial charge in [-0.1, -0.05) is 11.6 Å². The zero-order valence-corrected chi connectivity index (χ0v) is 10.6. The number of nitrogen functional groups attached to an aromatic ring is 1. The zero-order valence-electron chi connectivity index (χ0n) is 9.01. The SMILES string of the molecule is NC(=O)NC(=O)CS(=O)(=O)c1ccc(N)c(Cl)c1. The van der Waals surface area contributed by atoms with Crippen LogP contribution in [0.25, 0.3) is 0 Å². The number of nitrogens with one attached hydrogen (secondary N) is 1. The van der Waals surface area contributed by atoms with E-state index >= 15 is 0 Å². The van der Waals surface area contributed by atoms with Crippen LogP contribution in [-0.2, 0) is 14.6 Å². The van der Waals surface area contributed by atoms with Crippen LogP contribution < -0.4 is 16.8 Å². The Morgan fingerprint density at radius 1 is 1.33 bits per heavy atom. The minimum Gasteiger partial charge on any atom is -0.398 e.